The van der Waals surface area contributed by atoms with Crippen LogP contribution >= 0.6 is 22.9 Å². The van der Waals surface area contributed by atoms with E-state index in [4.69, 9.17) is 22.3 Å². The van der Waals surface area contributed by atoms with Gasteiger partial charge in [-0.15, -0.1) is 11.3 Å². The lowest BCUT2D eigenvalue weighted by molar-refractivity contribution is 0.0959. The lowest BCUT2D eigenvalue weighted by Crippen LogP contribution is -2.25. The third kappa shape index (κ3) is 4.15. The quantitative estimate of drug-likeness (QED) is 0.620. The standard InChI is InChI=1S/C22H24ClN3OS/c23-16-8-5-6-14(12-16)10-11-25-21(27)20-19(24)17-13-15-7-3-1-2-4-9-18(15)26-22(17)28-20/h5-6,8,12-13H,1-4,7,9-11,24H2,(H,25,27). The van der Waals surface area contributed by atoms with Gasteiger partial charge < -0.3 is 11.1 Å². The van der Waals surface area contributed by atoms with Gasteiger partial charge in [0.05, 0.1) is 5.69 Å². The van der Waals surface area contributed by atoms with Crippen LogP contribution in [-0.2, 0) is 19.3 Å². The zero-order valence-electron chi connectivity index (χ0n) is 15.8. The Morgan fingerprint density at radius 2 is 2.00 bits per heavy atom. The number of nitrogens with zero attached hydrogens (tertiary/aromatic N) is 1. The summed E-state index contributed by atoms with van der Waals surface area (Å²) in [5, 5.41) is 4.61. The summed E-state index contributed by atoms with van der Waals surface area (Å²) in [5.74, 6) is -0.130. The van der Waals surface area contributed by atoms with Gasteiger partial charge in [0.2, 0.25) is 0 Å². The number of halogens is 1. The van der Waals surface area contributed by atoms with Crippen LogP contribution in [0.5, 0.6) is 0 Å². The number of anilines is 1. The number of aryl methyl sites for hydroxylation is 2. The first-order valence-electron chi connectivity index (χ1n) is 9.85. The highest BCUT2D eigenvalue weighted by Crippen LogP contribution is 2.35. The number of aromatic nitrogens is 1. The number of benzene rings is 1. The van der Waals surface area contributed by atoms with Gasteiger partial charge in [0.25, 0.3) is 5.91 Å². The maximum atomic E-state index is 12.7. The van der Waals surface area contributed by atoms with Crippen molar-refractivity contribution < 1.29 is 4.79 Å². The second-order valence-corrected chi connectivity index (χ2v) is 8.78. The number of carbonyl (C=O) groups excluding carboxylic acids is 1. The van der Waals surface area contributed by atoms with Crippen molar-refractivity contribution in [2.24, 2.45) is 0 Å². The van der Waals surface area contributed by atoms with Crippen LogP contribution in [0, 0.1) is 0 Å². The van der Waals surface area contributed by atoms with Crippen molar-refractivity contribution >= 4 is 44.7 Å². The number of fused-ring (bicyclic) bond motifs is 2. The second-order valence-electron chi connectivity index (χ2n) is 7.34. The molecule has 0 bridgehead atoms. The van der Waals surface area contributed by atoms with Crippen molar-refractivity contribution in [2.75, 3.05) is 12.3 Å². The SMILES string of the molecule is Nc1c(C(=O)NCCc2cccc(Cl)c2)sc2nc3c(cc12)CCCCCC3. The minimum atomic E-state index is -0.130. The van der Waals surface area contributed by atoms with E-state index in [9.17, 15) is 4.79 Å². The Bertz CT molecular complexity index is 1010. The lowest BCUT2D eigenvalue weighted by atomic mass is 9.96. The van der Waals surface area contributed by atoms with Crippen LogP contribution in [0.4, 0.5) is 5.69 Å². The van der Waals surface area contributed by atoms with E-state index in [0.29, 0.717) is 22.1 Å². The number of carbonyl (C=O) groups is 1. The molecule has 28 heavy (non-hydrogen) atoms. The summed E-state index contributed by atoms with van der Waals surface area (Å²) in [7, 11) is 0. The Morgan fingerprint density at radius 3 is 2.82 bits per heavy atom. The molecule has 2 heterocycles. The van der Waals surface area contributed by atoms with E-state index in [1.807, 2.05) is 24.3 Å². The summed E-state index contributed by atoms with van der Waals surface area (Å²) < 4.78 is 0. The highest BCUT2D eigenvalue weighted by molar-refractivity contribution is 7.21. The van der Waals surface area contributed by atoms with Crippen LogP contribution in [0.2, 0.25) is 5.02 Å². The highest BCUT2D eigenvalue weighted by Gasteiger charge is 2.19. The Kier molecular flexibility index (Phi) is 5.83. The molecule has 1 aromatic carbocycles. The van der Waals surface area contributed by atoms with Gasteiger partial charge in [-0.3, -0.25) is 4.79 Å². The molecule has 3 N–H and O–H groups in total. The average molecular weight is 414 g/mol. The second kappa shape index (κ2) is 8.50. The third-order valence-corrected chi connectivity index (χ3v) is 6.64. The minimum absolute atomic E-state index is 0.130. The summed E-state index contributed by atoms with van der Waals surface area (Å²) in [6, 6.07) is 9.85. The predicted octanol–water partition coefficient (Wildman–Crippen LogP) is 5.16. The normalized spacial score (nSPS) is 14.3. The molecule has 0 fully saturated rings. The molecule has 0 saturated carbocycles. The molecule has 1 aliphatic rings. The van der Waals surface area contributed by atoms with Crippen molar-refractivity contribution in [1.82, 2.24) is 10.3 Å². The zero-order valence-corrected chi connectivity index (χ0v) is 17.3. The Balaban J connectivity index is 1.51. The Morgan fingerprint density at radius 1 is 1.18 bits per heavy atom. The van der Waals surface area contributed by atoms with Crippen molar-refractivity contribution in [3.05, 3.63) is 57.1 Å². The number of rotatable bonds is 4. The smallest absolute Gasteiger partial charge is 0.263 e. The molecule has 4 rings (SSSR count). The molecule has 1 amide bonds. The number of nitrogens with two attached hydrogens (primary N) is 1. The van der Waals surface area contributed by atoms with Gasteiger partial charge in [0.15, 0.2) is 0 Å². The van der Waals surface area contributed by atoms with E-state index in [1.54, 1.807) is 0 Å². The molecular weight excluding hydrogens is 390 g/mol. The van der Waals surface area contributed by atoms with Crippen molar-refractivity contribution in [3.8, 4) is 0 Å². The monoisotopic (exact) mass is 413 g/mol. The molecule has 0 aliphatic heterocycles. The summed E-state index contributed by atoms with van der Waals surface area (Å²) in [6.07, 6.45) is 7.72. The summed E-state index contributed by atoms with van der Waals surface area (Å²) in [6.45, 7) is 0.538. The number of hydrogen-bond donors (Lipinski definition) is 2. The van der Waals surface area contributed by atoms with Crippen LogP contribution in [-0.4, -0.2) is 17.4 Å². The van der Waals surface area contributed by atoms with Crippen molar-refractivity contribution in [3.63, 3.8) is 0 Å². The molecule has 146 valence electrons. The number of nitrogens with one attached hydrogen (secondary N) is 1. The van der Waals surface area contributed by atoms with E-state index < -0.39 is 0 Å². The molecule has 1 aliphatic carbocycles. The maximum Gasteiger partial charge on any atom is 0.263 e. The van der Waals surface area contributed by atoms with E-state index in [1.165, 1.54) is 48.3 Å². The molecule has 0 spiro atoms. The number of pyridine rings is 1. The van der Waals surface area contributed by atoms with Crippen LogP contribution in [0.25, 0.3) is 10.2 Å². The highest BCUT2D eigenvalue weighted by atomic mass is 35.5. The van der Waals surface area contributed by atoms with E-state index >= 15 is 0 Å². The lowest BCUT2D eigenvalue weighted by Gasteiger charge is -2.12. The molecule has 4 nitrogen and oxygen atoms in total. The Hall–Kier alpha value is -2.11. The number of hydrogen-bond acceptors (Lipinski definition) is 4. The first-order valence-corrected chi connectivity index (χ1v) is 11.0. The molecule has 2 aromatic heterocycles. The van der Waals surface area contributed by atoms with E-state index in [2.05, 4.69) is 11.4 Å². The third-order valence-electron chi connectivity index (χ3n) is 5.29. The number of thiophene rings is 1. The van der Waals surface area contributed by atoms with E-state index in [0.717, 1.165) is 35.0 Å². The summed E-state index contributed by atoms with van der Waals surface area (Å²) in [5.41, 5.74) is 10.5. The van der Waals surface area contributed by atoms with Gasteiger partial charge in [-0.05, 0) is 61.4 Å². The van der Waals surface area contributed by atoms with Gasteiger partial charge in [0, 0.05) is 22.6 Å². The van der Waals surface area contributed by atoms with Crippen LogP contribution < -0.4 is 11.1 Å². The number of nitrogen functional groups attached to an aromatic ring is 1. The molecule has 0 saturated heterocycles. The fourth-order valence-electron chi connectivity index (χ4n) is 3.77. The van der Waals surface area contributed by atoms with Crippen molar-refractivity contribution in [1.29, 1.82) is 0 Å². The summed E-state index contributed by atoms with van der Waals surface area (Å²) in [4.78, 5) is 19.0. The summed E-state index contributed by atoms with van der Waals surface area (Å²) >= 11 is 7.41. The van der Waals surface area contributed by atoms with Gasteiger partial charge in [-0.25, -0.2) is 4.98 Å². The number of amides is 1. The largest absolute Gasteiger partial charge is 0.397 e. The van der Waals surface area contributed by atoms with Crippen molar-refractivity contribution in [2.45, 2.75) is 44.9 Å². The zero-order chi connectivity index (χ0) is 19.5. The molecule has 3 aromatic rings. The molecular formula is C22H24ClN3OS. The Labute approximate surface area is 174 Å². The van der Waals surface area contributed by atoms with Crippen LogP contribution in [0.3, 0.4) is 0 Å². The first kappa shape index (κ1) is 19.2. The average Bonchev–Trinajstić information content (AvgIpc) is 2.97. The van der Waals surface area contributed by atoms with E-state index in [-0.39, 0.29) is 5.91 Å². The maximum absolute atomic E-state index is 12.7. The molecule has 6 heteroatoms. The molecule has 0 atom stereocenters. The van der Waals surface area contributed by atoms with Gasteiger partial charge >= 0.3 is 0 Å². The fraction of sp³-hybridized carbons (Fsp3) is 0.364. The van der Waals surface area contributed by atoms with Crippen LogP contribution in [0.15, 0.2) is 30.3 Å². The van der Waals surface area contributed by atoms with Gasteiger partial charge in [-0.2, -0.15) is 0 Å². The van der Waals surface area contributed by atoms with Crippen LogP contribution in [0.1, 0.15) is 52.2 Å². The molecule has 0 unspecified atom stereocenters. The van der Waals surface area contributed by atoms with Gasteiger partial charge in [0.1, 0.15) is 9.71 Å². The topological polar surface area (TPSA) is 68.0 Å². The predicted molar refractivity (Wildman–Crippen MR) is 117 cm³/mol. The fourth-order valence-corrected chi connectivity index (χ4v) is 5.00. The van der Waals surface area contributed by atoms with Gasteiger partial charge in [-0.1, -0.05) is 36.6 Å². The first-order chi connectivity index (χ1) is 13.6. The minimum Gasteiger partial charge on any atom is -0.397 e. The molecule has 0 radical (unpaired) electrons.